The summed E-state index contributed by atoms with van der Waals surface area (Å²) in [6.45, 7) is 6.58. The van der Waals surface area contributed by atoms with Crippen LogP contribution >= 0.6 is 0 Å². The summed E-state index contributed by atoms with van der Waals surface area (Å²) >= 11 is 0. The number of nitrogens with zero attached hydrogens (tertiary/aromatic N) is 1. The molecular weight excluding hydrogens is 170 g/mol. The lowest BCUT2D eigenvalue weighted by molar-refractivity contribution is 0.587. The maximum Gasteiger partial charge on any atom is 0.0434 e. The van der Waals surface area contributed by atoms with E-state index in [0.29, 0.717) is 5.92 Å². The Kier molecular flexibility index (Phi) is 4.64. The summed E-state index contributed by atoms with van der Waals surface area (Å²) in [4.78, 5) is 4.55. The van der Waals surface area contributed by atoms with Crippen molar-refractivity contribution in [2.45, 2.75) is 52.4 Å². The van der Waals surface area contributed by atoms with Gasteiger partial charge in [0.15, 0.2) is 0 Å². The van der Waals surface area contributed by atoms with Crippen LogP contribution in [0.15, 0.2) is 18.2 Å². The third-order valence-corrected chi connectivity index (χ3v) is 2.66. The summed E-state index contributed by atoms with van der Waals surface area (Å²) in [6, 6.07) is 6.31. The van der Waals surface area contributed by atoms with Crippen LogP contribution < -0.4 is 0 Å². The van der Waals surface area contributed by atoms with Gasteiger partial charge in [0, 0.05) is 11.4 Å². The van der Waals surface area contributed by atoms with E-state index in [0.717, 1.165) is 5.69 Å². The van der Waals surface area contributed by atoms with Gasteiger partial charge in [-0.25, -0.2) is 0 Å². The number of pyridine rings is 1. The van der Waals surface area contributed by atoms with Crippen molar-refractivity contribution >= 4 is 0 Å². The smallest absolute Gasteiger partial charge is 0.0434 e. The number of aryl methyl sites for hydroxylation is 1. The number of unbranched alkanes of at least 4 members (excludes halogenated alkanes) is 2. The van der Waals surface area contributed by atoms with E-state index in [9.17, 15) is 0 Å². The van der Waals surface area contributed by atoms with Crippen LogP contribution in [0, 0.1) is 6.92 Å². The Morgan fingerprint density at radius 1 is 1.29 bits per heavy atom. The predicted molar refractivity (Wildman–Crippen MR) is 61.5 cm³/mol. The Labute approximate surface area is 87.6 Å². The summed E-state index contributed by atoms with van der Waals surface area (Å²) < 4.78 is 0. The van der Waals surface area contributed by atoms with Crippen LogP contribution in [0.25, 0.3) is 0 Å². The quantitative estimate of drug-likeness (QED) is 0.639. The molecule has 0 aliphatic carbocycles. The molecular formula is C13H21N. The average Bonchev–Trinajstić information content (AvgIpc) is 2.18. The maximum atomic E-state index is 4.55. The fraction of sp³-hybridized carbons (Fsp3) is 0.615. The predicted octanol–water partition coefficient (Wildman–Crippen LogP) is 4.07. The van der Waals surface area contributed by atoms with E-state index in [-0.39, 0.29) is 0 Å². The fourth-order valence-electron chi connectivity index (χ4n) is 1.69. The topological polar surface area (TPSA) is 12.9 Å². The van der Waals surface area contributed by atoms with Gasteiger partial charge in [-0.15, -0.1) is 0 Å². The highest BCUT2D eigenvalue weighted by atomic mass is 14.7. The molecule has 0 fully saturated rings. The molecule has 1 aromatic heterocycles. The minimum Gasteiger partial charge on any atom is -0.258 e. The third kappa shape index (κ3) is 3.49. The SMILES string of the molecule is CCCCC[C@H](C)c1cccc(C)n1. The van der Waals surface area contributed by atoms with E-state index >= 15 is 0 Å². The molecule has 0 spiro atoms. The van der Waals surface area contributed by atoms with Gasteiger partial charge in [0.25, 0.3) is 0 Å². The molecule has 14 heavy (non-hydrogen) atoms. The van der Waals surface area contributed by atoms with Gasteiger partial charge in [0.1, 0.15) is 0 Å². The highest BCUT2D eigenvalue weighted by molar-refractivity contribution is 5.13. The molecule has 0 radical (unpaired) electrons. The zero-order valence-electron chi connectivity index (χ0n) is 9.59. The molecule has 1 nitrogen and oxygen atoms in total. The second kappa shape index (κ2) is 5.79. The lowest BCUT2D eigenvalue weighted by Gasteiger charge is -2.10. The van der Waals surface area contributed by atoms with Crippen LogP contribution in [0.5, 0.6) is 0 Å². The van der Waals surface area contributed by atoms with Crippen LogP contribution in [0.2, 0.25) is 0 Å². The molecule has 78 valence electrons. The third-order valence-electron chi connectivity index (χ3n) is 2.66. The van der Waals surface area contributed by atoms with Crippen molar-refractivity contribution in [1.82, 2.24) is 4.98 Å². The molecule has 0 aliphatic heterocycles. The summed E-state index contributed by atoms with van der Waals surface area (Å²) in [5.41, 5.74) is 2.38. The van der Waals surface area contributed by atoms with E-state index in [1.807, 2.05) is 0 Å². The Bertz CT molecular complexity index is 268. The van der Waals surface area contributed by atoms with E-state index in [2.05, 4.69) is 44.0 Å². The van der Waals surface area contributed by atoms with Crippen molar-refractivity contribution < 1.29 is 0 Å². The first-order valence-electron chi connectivity index (χ1n) is 5.67. The van der Waals surface area contributed by atoms with Gasteiger partial charge in [-0.05, 0) is 31.4 Å². The summed E-state index contributed by atoms with van der Waals surface area (Å²) in [7, 11) is 0. The van der Waals surface area contributed by atoms with Crippen molar-refractivity contribution in [2.75, 3.05) is 0 Å². The highest BCUT2D eigenvalue weighted by Gasteiger charge is 2.05. The first kappa shape index (κ1) is 11.2. The minimum atomic E-state index is 0.612. The average molecular weight is 191 g/mol. The van der Waals surface area contributed by atoms with Crippen molar-refractivity contribution in [3.8, 4) is 0 Å². The number of rotatable bonds is 5. The van der Waals surface area contributed by atoms with Crippen LogP contribution in [0.4, 0.5) is 0 Å². The van der Waals surface area contributed by atoms with Crippen LogP contribution in [0.3, 0.4) is 0 Å². The molecule has 1 aromatic rings. The molecule has 0 bridgehead atoms. The zero-order chi connectivity index (χ0) is 10.4. The monoisotopic (exact) mass is 191 g/mol. The second-order valence-electron chi connectivity index (χ2n) is 4.10. The van der Waals surface area contributed by atoms with Crippen molar-refractivity contribution in [3.05, 3.63) is 29.6 Å². The molecule has 0 unspecified atom stereocenters. The molecule has 0 saturated heterocycles. The summed E-state index contributed by atoms with van der Waals surface area (Å²) in [6.07, 6.45) is 5.24. The lowest BCUT2D eigenvalue weighted by Crippen LogP contribution is -1.98. The Hall–Kier alpha value is -0.850. The molecule has 0 saturated carbocycles. The molecule has 1 rings (SSSR count). The van der Waals surface area contributed by atoms with Crippen molar-refractivity contribution in [2.24, 2.45) is 0 Å². The van der Waals surface area contributed by atoms with Gasteiger partial charge < -0.3 is 0 Å². The number of aromatic nitrogens is 1. The first-order valence-corrected chi connectivity index (χ1v) is 5.67. The lowest BCUT2D eigenvalue weighted by atomic mass is 9.99. The zero-order valence-corrected chi connectivity index (χ0v) is 9.59. The standard InChI is InChI=1S/C13H21N/c1-4-5-6-8-11(2)13-10-7-9-12(3)14-13/h7,9-11H,4-6,8H2,1-3H3/t11-/m0/s1. The van der Waals surface area contributed by atoms with Crippen LogP contribution in [-0.4, -0.2) is 4.98 Å². The molecule has 0 aromatic carbocycles. The van der Waals surface area contributed by atoms with Gasteiger partial charge in [-0.2, -0.15) is 0 Å². The van der Waals surface area contributed by atoms with E-state index < -0.39 is 0 Å². The van der Waals surface area contributed by atoms with Gasteiger partial charge in [-0.3, -0.25) is 4.98 Å². The number of hydrogen-bond acceptors (Lipinski definition) is 1. The van der Waals surface area contributed by atoms with Crippen LogP contribution in [-0.2, 0) is 0 Å². The molecule has 0 N–H and O–H groups in total. The van der Waals surface area contributed by atoms with Crippen molar-refractivity contribution in [1.29, 1.82) is 0 Å². The second-order valence-corrected chi connectivity index (χ2v) is 4.10. The first-order chi connectivity index (χ1) is 6.74. The summed E-state index contributed by atoms with van der Waals surface area (Å²) in [5, 5.41) is 0. The Balaban J connectivity index is 2.47. The molecule has 0 aliphatic rings. The fourth-order valence-corrected chi connectivity index (χ4v) is 1.69. The molecule has 1 heteroatoms. The van der Waals surface area contributed by atoms with E-state index in [1.165, 1.54) is 31.4 Å². The Morgan fingerprint density at radius 2 is 2.07 bits per heavy atom. The van der Waals surface area contributed by atoms with Gasteiger partial charge in [0.05, 0.1) is 0 Å². The summed E-state index contributed by atoms with van der Waals surface area (Å²) in [5.74, 6) is 0.612. The van der Waals surface area contributed by atoms with Gasteiger partial charge in [-0.1, -0.05) is 39.2 Å². The van der Waals surface area contributed by atoms with Gasteiger partial charge in [0.2, 0.25) is 0 Å². The minimum absolute atomic E-state index is 0.612. The van der Waals surface area contributed by atoms with E-state index in [4.69, 9.17) is 0 Å². The molecule has 1 atom stereocenters. The molecule has 1 heterocycles. The highest BCUT2D eigenvalue weighted by Crippen LogP contribution is 2.19. The largest absolute Gasteiger partial charge is 0.258 e. The normalized spacial score (nSPS) is 12.8. The molecule has 0 amide bonds. The van der Waals surface area contributed by atoms with Crippen LogP contribution in [0.1, 0.15) is 56.8 Å². The van der Waals surface area contributed by atoms with Gasteiger partial charge >= 0.3 is 0 Å². The Morgan fingerprint density at radius 3 is 2.71 bits per heavy atom. The van der Waals surface area contributed by atoms with Crippen molar-refractivity contribution in [3.63, 3.8) is 0 Å². The number of hydrogen-bond donors (Lipinski definition) is 0. The maximum absolute atomic E-state index is 4.55. The van der Waals surface area contributed by atoms with E-state index in [1.54, 1.807) is 0 Å².